The predicted octanol–water partition coefficient (Wildman–Crippen LogP) is 13.5. The van der Waals surface area contributed by atoms with Gasteiger partial charge < -0.3 is 25.5 Å². The average Bonchev–Trinajstić information content (AvgIpc) is 1.54. The summed E-state index contributed by atoms with van der Waals surface area (Å²) < 4.78 is 0.618. The summed E-state index contributed by atoms with van der Waals surface area (Å²) in [6, 6.07) is 76.7. The number of aliphatic carboxylic acids is 1. The number of aromatic nitrogens is 3. The van der Waals surface area contributed by atoms with Gasteiger partial charge in [-0.2, -0.15) is 0 Å². The summed E-state index contributed by atoms with van der Waals surface area (Å²) >= 11 is 11.1. The first-order valence-electron chi connectivity index (χ1n) is 27.5. The highest BCUT2D eigenvalue weighted by atomic mass is 35.5. The zero-order valence-electron chi connectivity index (χ0n) is 46.0. The van der Waals surface area contributed by atoms with E-state index in [0.29, 0.717) is 36.2 Å². The number of allylic oxidation sites excluding steroid dienone is 1. The van der Waals surface area contributed by atoms with Gasteiger partial charge in [-0.05, 0) is 34.2 Å². The molecule has 4 heterocycles. The number of hydrogen-bond donors (Lipinski definition) is 3. The number of oxime groups is 1. The number of thioether (sulfide) groups is 1. The van der Waals surface area contributed by atoms with Gasteiger partial charge in [-0.25, -0.2) is 9.78 Å². The van der Waals surface area contributed by atoms with E-state index in [0.717, 1.165) is 39.2 Å². The van der Waals surface area contributed by atoms with Crippen molar-refractivity contribution in [2.75, 3.05) is 24.3 Å². The third kappa shape index (κ3) is 10.9. The lowest BCUT2D eigenvalue weighted by Gasteiger charge is -2.53. The topological polar surface area (TPSA) is 162 Å². The normalized spacial score (nSPS) is 16.1. The van der Waals surface area contributed by atoms with Crippen LogP contribution in [0.4, 0.5) is 10.3 Å². The fourth-order valence-corrected chi connectivity index (χ4v) is 14.8. The van der Waals surface area contributed by atoms with E-state index in [1.807, 2.05) is 262 Å². The summed E-state index contributed by atoms with van der Waals surface area (Å²) in [6.45, 7) is 0. The number of thiazole rings is 1. The summed E-state index contributed by atoms with van der Waals surface area (Å²) in [7, 11) is 3.72. The van der Waals surface area contributed by atoms with Crippen LogP contribution in [0.3, 0.4) is 0 Å². The molecule has 10 aromatic rings. The minimum absolute atomic E-state index is 0.0184. The maximum absolute atomic E-state index is 15.9. The number of benzene rings is 8. The zero-order valence-corrected chi connectivity index (χ0v) is 49.2. The van der Waals surface area contributed by atoms with Crippen LogP contribution in [0.15, 0.2) is 263 Å². The molecule has 1 fully saturated rings. The summed E-state index contributed by atoms with van der Waals surface area (Å²) in [5.74, 6) is -3.68. The lowest BCUT2D eigenvalue weighted by Crippen LogP contribution is -2.73. The Morgan fingerprint density at radius 1 is 0.659 bits per heavy atom. The number of carbonyl (C=O) groups excluding carboxylic acids is 2. The number of fused-ring (bicyclic) bond motifs is 1. The number of anilines is 2. The summed E-state index contributed by atoms with van der Waals surface area (Å²) in [6.07, 6.45) is 0.248. The highest BCUT2D eigenvalue weighted by Gasteiger charge is 2.57. The number of carbonyl (C=O) groups is 3. The molecule has 0 bridgehead atoms. The fourth-order valence-electron chi connectivity index (χ4n) is 11.6. The van der Waals surface area contributed by atoms with Crippen LogP contribution in [0.1, 0.15) is 62.5 Å². The van der Waals surface area contributed by atoms with Crippen molar-refractivity contribution in [2.45, 2.75) is 39.9 Å². The molecule has 1 saturated heterocycles. The van der Waals surface area contributed by atoms with E-state index in [1.54, 1.807) is 0 Å². The summed E-state index contributed by atoms with van der Waals surface area (Å²) in [5.41, 5.74) is 3.71. The van der Waals surface area contributed by atoms with Gasteiger partial charge in [0, 0.05) is 47.5 Å². The van der Waals surface area contributed by atoms with Crippen molar-refractivity contribution in [2.24, 2.45) is 11.1 Å². The first kappa shape index (κ1) is 56.3. The van der Waals surface area contributed by atoms with Crippen molar-refractivity contribution in [3.05, 3.63) is 308 Å². The molecule has 422 valence electrons. The van der Waals surface area contributed by atoms with Crippen LogP contribution in [0.2, 0.25) is 4.34 Å². The number of carboxylic acid groups (broad SMARTS) is 1. The van der Waals surface area contributed by atoms with Crippen LogP contribution in [0.25, 0.3) is 0 Å². The van der Waals surface area contributed by atoms with E-state index in [1.165, 1.54) is 28.0 Å². The number of halogens is 1. The van der Waals surface area contributed by atoms with Crippen molar-refractivity contribution in [1.82, 2.24) is 25.4 Å². The summed E-state index contributed by atoms with van der Waals surface area (Å²) in [4.78, 5) is 60.7. The molecular formula is C68H55ClN8O5S3. The Kier molecular flexibility index (Phi) is 16.3. The second-order valence-electron chi connectivity index (χ2n) is 20.7. The molecule has 0 aliphatic carbocycles. The molecule has 13 nitrogen and oxygen atoms in total. The molecule has 8 aromatic carbocycles. The van der Waals surface area contributed by atoms with Crippen LogP contribution in [0.5, 0.6) is 0 Å². The Labute approximate surface area is 509 Å². The smallest absolute Gasteiger partial charge is 0.353 e. The van der Waals surface area contributed by atoms with Gasteiger partial charge in [0.25, 0.3) is 11.8 Å². The third-order valence-electron chi connectivity index (χ3n) is 15.5. The molecule has 2 aromatic heterocycles. The van der Waals surface area contributed by atoms with Crippen LogP contribution >= 0.6 is 46.0 Å². The Morgan fingerprint density at radius 2 is 1.09 bits per heavy atom. The van der Waals surface area contributed by atoms with E-state index in [9.17, 15) is 9.90 Å². The van der Waals surface area contributed by atoms with Crippen LogP contribution in [-0.2, 0) is 30.4 Å². The first-order valence-corrected chi connectivity index (χ1v) is 30.3. The van der Waals surface area contributed by atoms with Crippen LogP contribution < -0.4 is 15.5 Å². The quantitative estimate of drug-likeness (QED) is 0.0288. The monoisotopic (exact) mass is 1190 g/mol. The number of amides is 2. The third-order valence-corrected chi connectivity index (χ3v) is 19.0. The molecular weight excluding hydrogens is 1140 g/mol. The molecule has 2 aliphatic rings. The largest absolute Gasteiger partial charge is 0.477 e. The molecule has 3 atom stereocenters. The standard InChI is InChI=1S/C68H55ClN8O5S3/c1-76(2)65-73-74-66(85-65)83-59-52(54(44-27-11-3-12-28-44)45-29-13-4-14-30-45)43-53-55(62(79)77(53)58(59)63(80)81)70-61(78)57(75-82-68(49-37-21-8-22-38-49,50-39-23-9-24-40-50)51-41-25-10-26-42-51)56-60(69)84-64(71-56)72-67(46-31-15-5-16-32-46,47-33-17-6-18-34-47)48-35-19-7-20-36-48/h3-42,52-55H,43H2,1-2H3,(H,70,78)(H,71,72)(H,80,81). The maximum Gasteiger partial charge on any atom is 0.353 e. The number of carboxylic acids is 1. The molecule has 2 amide bonds. The molecule has 0 spiro atoms. The highest BCUT2D eigenvalue weighted by Crippen LogP contribution is 2.53. The number of hydrogen-bond acceptors (Lipinski definition) is 13. The van der Waals surface area contributed by atoms with Gasteiger partial charge in [0.15, 0.2) is 15.2 Å². The lowest BCUT2D eigenvalue weighted by molar-refractivity contribution is -0.156. The second-order valence-corrected chi connectivity index (χ2v) is 24.5. The maximum atomic E-state index is 15.9. The zero-order chi connectivity index (χ0) is 58.5. The minimum Gasteiger partial charge on any atom is -0.477 e. The van der Waals surface area contributed by atoms with E-state index in [2.05, 4.69) is 20.8 Å². The van der Waals surface area contributed by atoms with Crippen LogP contribution in [-0.4, -0.2) is 74.9 Å². The molecule has 17 heteroatoms. The Bertz CT molecular complexity index is 3800. The van der Waals surface area contributed by atoms with Gasteiger partial charge in [0.1, 0.15) is 27.3 Å². The van der Waals surface area contributed by atoms with Gasteiger partial charge in [0.2, 0.25) is 10.7 Å². The van der Waals surface area contributed by atoms with Crippen molar-refractivity contribution < 1.29 is 24.3 Å². The van der Waals surface area contributed by atoms with E-state index < -0.39 is 52.8 Å². The van der Waals surface area contributed by atoms with Crippen molar-refractivity contribution in [3.8, 4) is 0 Å². The molecule has 3 unspecified atom stereocenters. The van der Waals surface area contributed by atoms with Gasteiger partial charge in [-0.1, -0.05) is 294 Å². The van der Waals surface area contributed by atoms with Gasteiger partial charge >= 0.3 is 5.97 Å². The fraction of sp³-hybridized carbons (Fsp3) is 0.132. The average molecular weight is 1200 g/mol. The lowest BCUT2D eigenvalue weighted by atomic mass is 9.71. The van der Waals surface area contributed by atoms with Crippen LogP contribution in [0, 0.1) is 5.92 Å². The SMILES string of the molecule is CN(C)c1nnc(SC2=C(C(=O)O)N3C(=O)C(NC(=O)C(=NOC(c4ccccc4)(c4ccccc4)c4ccccc4)c4nc(NC(c5ccccc5)(c5ccccc5)c5ccccc5)sc4Cl)C3CC2C(c2ccccc2)c2ccccc2)s1. The van der Waals surface area contributed by atoms with Gasteiger partial charge in [-0.15, -0.1) is 10.2 Å². The van der Waals surface area contributed by atoms with E-state index in [4.69, 9.17) is 26.6 Å². The van der Waals surface area contributed by atoms with E-state index >= 15 is 9.59 Å². The minimum atomic E-state index is -1.46. The predicted molar refractivity (Wildman–Crippen MR) is 337 cm³/mol. The van der Waals surface area contributed by atoms with Crippen molar-refractivity contribution >= 4 is 79.8 Å². The molecule has 0 saturated carbocycles. The number of nitrogens with one attached hydrogen (secondary N) is 2. The van der Waals surface area contributed by atoms with E-state index in [-0.39, 0.29) is 27.9 Å². The Morgan fingerprint density at radius 3 is 1.52 bits per heavy atom. The van der Waals surface area contributed by atoms with Crippen molar-refractivity contribution in [3.63, 3.8) is 0 Å². The van der Waals surface area contributed by atoms with Gasteiger partial charge in [0.05, 0.1) is 6.04 Å². The number of nitrogens with zero attached hydrogens (tertiary/aromatic N) is 6. The first-order chi connectivity index (χ1) is 41.5. The molecule has 2 aliphatic heterocycles. The van der Waals surface area contributed by atoms with Gasteiger partial charge in [-0.3, -0.25) is 14.5 Å². The Hall–Kier alpha value is -9.19. The molecule has 85 heavy (non-hydrogen) atoms. The van der Waals surface area contributed by atoms with Crippen molar-refractivity contribution in [1.29, 1.82) is 0 Å². The second kappa shape index (κ2) is 24.6. The molecule has 3 N–H and O–H groups in total. The number of rotatable bonds is 20. The summed E-state index contributed by atoms with van der Waals surface area (Å²) in [5, 5.41) is 33.0. The molecule has 12 rings (SSSR count). The number of β-lactam (4-membered cyclic amide) rings is 1. The Balaban J connectivity index is 0.999. The highest BCUT2D eigenvalue weighted by molar-refractivity contribution is 8.04. The molecule has 0 radical (unpaired) electrons.